The van der Waals surface area contributed by atoms with Crippen molar-refractivity contribution in [2.24, 2.45) is 0 Å². The molecule has 1 saturated heterocycles. The minimum absolute atomic E-state index is 0.0289. The van der Waals surface area contributed by atoms with E-state index in [1.807, 2.05) is 6.92 Å². The Balaban J connectivity index is 2.56. The van der Waals surface area contributed by atoms with Crippen molar-refractivity contribution in [3.63, 3.8) is 0 Å². The number of nitrogens with one attached hydrogen (secondary N) is 1. The Labute approximate surface area is 110 Å². The minimum atomic E-state index is -1.43. The quantitative estimate of drug-likeness (QED) is 0.380. The second-order valence-corrected chi connectivity index (χ2v) is 4.40. The predicted molar refractivity (Wildman–Crippen MR) is 65.7 cm³/mol. The van der Waals surface area contributed by atoms with E-state index in [4.69, 9.17) is 26.8 Å². The smallest absolute Gasteiger partial charge is 0.258 e. The summed E-state index contributed by atoms with van der Waals surface area (Å²) in [6.45, 7) is 1.85. The molecule has 0 aromatic rings. The molecule has 0 saturated carbocycles. The van der Waals surface area contributed by atoms with Crippen LogP contribution >= 0.6 is 12.2 Å². The first-order chi connectivity index (χ1) is 8.51. The lowest BCUT2D eigenvalue weighted by Gasteiger charge is -2.40. The molecule has 1 heterocycles. The maximum Gasteiger partial charge on any atom is 0.258 e. The highest BCUT2D eigenvalue weighted by molar-refractivity contribution is 7.80. The molecule has 0 spiro atoms. The molecule has 0 bridgehead atoms. The van der Waals surface area contributed by atoms with Crippen molar-refractivity contribution in [2.75, 3.05) is 13.2 Å². The van der Waals surface area contributed by atoms with Gasteiger partial charge in [-0.3, -0.25) is 0 Å². The van der Waals surface area contributed by atoms with Crippen molar-refractivity contribution in [3.8, 4) is 0 Å². The molecule has 5 atom stereocenters. The summed E-state index contributed by atoms with van der Waals surface area (Å²) in [5.41, 5.74) is 0. The average Bonchev–Trinajstić information content (AvgIpc) is 2.37. The summed E-state index contributed by atoms with van der Waals surface area (Å²) in [7, 11) is 0. The van der Waals surface area contributed by atoms with Crippen LogP contribution in [0.4, 0.5) is 0 Å². The van der Waals surface area contributed by atoms with Crippen LogP contribution in [0.25, 0.3) is 0 Å². The summed E-state index contributed by atoms with van der Waals surface area (Å²) >= 11 is 4.87. The van der Waals surface area contributed by atoms with Gasteiger partial charge in [0.1, 0.15) is 24.4 Å². The molecule has 7 nitrogen and oxygen atoms in total. The first-order valence-corrected chi connectivity index (χ1v) is 6.15. The Bertz CT molecular complexity index is 277. The van der Waals surface area contributed by atoms with E-state index < -0.39 is 37.3 Å². The van der Waals surface area contributed by atoms with Gasteiger partial charge in [-0.1, -0.05) is 6.92 Å². The van der Waals surface area contributed by atoms with Crippen molar-refractivity contribution in [3.05, 3.63) is 0 Å². The number of thiocarbonyl (C=S) groups is 1. The molecule has 1 aliphatic rings. The normalized spacial score (nSPS) is 36.2. The molecule has 8 heteroatoms. The number of hydrogen-bond acceptors (Lipinski definition) is 7. The number of ether oxygens (including phenoxy) is 2. The number of aliphatic hydroxyl groups excluding tert-OH is 4. The van der Waals surface area contributed by atoms with Gasteiger partial charge in [-0.15, -0.1) is 0 Å². The Morgan fingerprint density at radius 1 is 1.28 bits per heavy atom. The Morgan fingerprint density at radius 2 is 1.94 bits per heavy atom. The molecule has 0 aromatic carbocycles. The number of aliphatic hydroxyl groups is 4. The van der Waals surface area contributed by atoms with Gasteiger partial charge in [0, 0.05) is 0 Å². The Morgan fingerprint density at radius 3 is 2.50 bits per heavy atom. The van der Waals surface area contributed by atoms with E-state index in [1.165, 1.54) is 0 Å². The second-order valence-electron chi connectivity index (χ2n) is 4.03. The molecule has 106 valence electrons. The third kappa shape index (κ3) is 3.74. The van der Waals surface area contributed by atoms with Crippen molar-refractivity contribution < 1.29 is 29.9 Å². The van der Waals surface area contributed by atoms with Crippen LogP contribution in [0.3, 0.4) is 0 Å². The molecule has 0 aromatic heterocycles. The fourth-order valence-electron chi connectivity index (χ4n) is 1.57. The van der Waals surface area contributed by atoms with Crippen molar-refractivity contribution in [2.45, 2.75) is 44.0 Å². The predicted octanol–water partition coefficient (Wildman–Crippen LogP) is -1.91. The summed E-state index contributed by atoms with van der Waals surface area (Å²) in [5, 5.41) is 40.4. The highest BCUT2D eigenvalue weighted by Crippen LogP contribution is 2.19. The van der Waals surface area contributed by atoms with Crippen LogP contribution in [0.5, 0.6) is 0 Å². The summed E-state index contributed by atoms with van der Waals surface area (Å²) in [6.07, 6.45) is -5.41. The zero-order valence-corrected chi connectivity index (χ0v) is 10.8. The van der Waals surface area contributed by atoms with Crippen molar-refractivity contribution in [1.29, 1.82) is 0 Å². The Kier molecular flexibility index (Phi) is 6.19. The molecule has 0 amide bonds. The van der Waals surface area contributed by atoms with E-state index in [-0.39, 0.29) is 5.17 Å². The lowest BCUT2D eigenvalue weighted by molar-refractivity contribution is -0.233. The summed E-state index contributed by atoms with van der Waals surface area (Å²) in [5.74, 6) is 0. The van der Waals surface area contributed by atoms with Crippen LogP contribution in [0, 0.1) is 0 Å². The van der Waals surface area contributed by atoms with E-state index >= 15 is 0 Å². The second kappa shape index (κ2) is 7.17. The summed E-state index contributed by atoms with van der Waals surface area (Å²) in [4.78, 5) is 0. The van der Waals surface area contributed by atoms with E-state index in [1.54, 1.807) is 0 Å². The van der Waals surface area contributed by atoms with Crippen molar-refractivity contribution in [1.82, 2.24) is 5.32 Å². The highest BCUT2D eigenvalue weighted by atomic mass is 32.1. The van der Waals surface area contributed by atoms with E-state index in [0.717, 1.165) is 6.42 Å². The summed E-state index contributed by atoms with van der Waals surface area (Å²) in [6, 6.07) is 0. The van der Waals surface area contributed by atoms with Gasteiger partial charge in [0.25, 0.3) is 5.17 Å². The van der Waals surface area contributed by atoms with Gasteiger partial charge < -0.3 is 35.2 Å². The molecule has 5 N–H and O–H groups in total. The lowest BCUT2D eigenvalue weighted by Crippen LogP contribution is -2.63. The molecule has 1 rings (SSSR count). The summed E-state index contributed by atoms with van der Waals surface area (Å²) < 4.78 is 10.3. The fraction of sp³-hybridized carbons (Fsp3) is 0.900. The lowest BCUT2D eigenvalue weighted by atomic mass is 9.98. The third-order valence-electron chi connectivity index (χ3n) is 2.59. The largest absolute Gasteiger partial charge is 0.471 e. The van der Waals surface area contributed by atoms with Crippen LogP contribution in [0.15, 0.2) is 0 Å². The van der Waals surface area contributed by atoms with Crippen LogP contribution in [-0.4, -0.2) is 69.5 Å². The van der Waals surface area contributed by atoms with Gasteiger partial charge in [-0.05, 0) is 18.6 Å². The standard InChI is InChI=1S/C10H19NO6S/c1-2-3-16-10(18)11-9-8(15)7(14)6(13)5(4-12)17-9/h5-9,12-15H,2-4H2,1H3,(H,11,18). The maximum absolute atomic E-state index is 9.70. The van der Waals surface area contributed by atoms with E-state index in [9.17, 15) is 15.3 Å². The van der Waals surface area contributed by atoms with Crippen LogP contribution < -0.4 is 5.32 Å². The zero-order chi connectivity index (χ0) is 13.7. The average molecular weight is 281 g/mol. The SMILES string of the molecule is CCCOC(=S)NC1OC(CO)C(O)C(O)C1O. The molecular formula is C10H19NO6S. The first kappa shape index (κ1) is 15.5. The van der Waals surface area contributed by atoms with Crippen LogP contribution in [-0.2, 0) is 9.47 Å². The molecular weight excluding hydrogens is 262 g/mol. The fourth-order valence-corrected chi connectivity index (χ4v) is 1.77. The highest BCUT2D eigenvalue weighted by Gasteiger charge is 2.43. The van der Waals surface area contributed by atoms with Gasteiger partial charge in [-0.25, -0.2) is 0 Å². The van der Waals surface area contributed by atoms with Gasteiger partial charge in [-0.2, -0.15) is 0 Å². The topological polar surface area (TPSA) is 111 Å². The first-order valence-electron chi connectivity index (χ1n) is 5.75. The van der Waals surface area contributed by atoms with Gasteiger partial charge in [0.05, 0.1) is 13.2 Å². The molecule has 5 unspecified atom stereocenters. The van der Waals surface area contributed by atoms with Gasteiger partial charge in [0.15, 0.2) is 6.23 Å². The number of hydrogen-bond donors (Lipinski definition) is 5. The third-order valence-corrected chi connectivity index (χ3v) is 2.83. The van der Waals surface area contributed by atoms with Gasteiger partial charge in [0.2, 0.25) is 0 Å². The monoisotopic (exact) mass is 281 g/mol. The molecule has 0 radical (unpaired) electrons. The molecule has 1 fully saturated rings. The Hall–Kier alpha value is -0.510. The maximum atomic E-state index is 9.70. The molecule has 0 aliphatic carbocycles. The zero-order valence-electron chi connectivity index (χ0n) is 10.0. The number of rotatable bonds is 4. The minimum Gasteiger partial charge on any atom is -0.471 e. The van der Waals surface area contributed by atoms with Crippen LogP contribution in [0.1, 0.15) is 13.3 Å². The van der Waals surface area contributed by atoms with E-state index in [0.29, 0.717) is 6.61 Å². The van der Waals surface area contributed by atoms with Crippen molar-refractivity contribution >= 4 is 17.4 Å². The van der Waals surface area contributed by atoms with Crippen LogP contribution in [0.2, 0.25) is 0 Å². The molecule has 18 heavy (non-hydrogen) atoms. The molecule has 1 aliphatic heterocycles. The van der Waals surface area contributed by atoms with Gasteiger partial charge >= 0.3 is 0 Å². The van der Waals surface area contributed by atoms with E-state index in [2.05, 4.69) is 5.32 Å².